The van der Waals surface area contributed by atoms with E-state index in [0.29, 0.717) is 6.54 Å². The summed E-state index contributed by atoms with van der Waals surface area (Å²) < 4.78 is 0. The lowest BCUT2D eigenvalue weighted by atomic mass is 9.90. The maximum atomic E-state index is 12.8. The second-order valence-electron chi connectivity index (χ2n) is 10.2. The molecule has 4 aliphatic rings. The first kappa shape index (κ1) is 24.4. The Morgan fingerprint density at radius 1 is 1.06 bits per heavy atom. The Morgan fingerprint density at radius 3 is 2.51 bits per heavy atom. The van der Waals surface area contributed by atoms with Crippen LogP contribution in [0, 0.1) is 11.8 Å². The summed E-state index contributed by atoms with van der Waals surface area (Å²) in [6.45, 7) is 7.47. The highest BCUT2D eigenvalue weighted by Gasteiger charge is 2.45. The van der Waals surface area contributed by atoms with Crippen LogP contribution < -0.4 is 32.1 Å². The number of carboxylic acid groups (broad SMARTS) is 1. The third-order valence-electron chi connectivity index (χ3n) is 7.71. The van der Waals surface area contributed by atoms with Crippen molar-refractivity contribution in [2.24, 2.45) is 11.8 Å². The maximum Gasteiger partial charge on any atom is 0.303 e. The number of carbonyl (C=O) groups excluding carboxylic acids is 1. The molecule has 1 aromatic carbocycles. The van der Waals surface area contributed by atoms with E-state index in [0.717, 1.165) is 64.3 Å². The van der Waals surface area contributed by atoms with E-state index in [1.807, 2.05) is 0 Å². The number of hydrazine groups is 1. The lowest BCUT2D eigenvalue weighted by Gasteiger charge is -2.49. The van der Waals surface area contributed by atoms with Crippen molar-refractivity contribution in [2.45, 2.75) is 44.3 Å². The molecule has 0 saturated carbocycles. The van der Waals surface area contributed by atoms with Crippen molar-refractivity contribution in [1.29, 1.82) is 0 Å². The minimum atomic E-state index is -0.720. The molecular formula is C24H38N8O3. The molecule has 192 valence electrons. The Labute approximate surface area is 206 Å². The monoisotopic (exact) mass is 486 g/mol. The molecule has 1 aromatic rings. The molecule has 0 spiro atoms. The number of piperazine rings is 1. The number of carboxylic acids is 1. The molecular weight excluding hydrogens is 448 g/mol. The minimum Gasteiger partial charge on any atom is -0.481 e. The van der Waals surface area contributed by atoms with Gasteiger partial charge in [0.25, 0.3) is 0 Å². The summed E-state index contributed by atoms with van der Waals surface area (Å²) in [6.07, 6.45) is 1.66. The summed E-state index contributed by atoms with van der Waals surface area (Å²) >= 11 is 0. The summed E-state index contributed by atoms with van der Waals surface area (Å²) in [7, 11) is 0. The fourth-order valence-electron chi connectivity index (χ4n) is 5.73. The topological polar surface area (TPSA) is 133 Å². The Balaban J connectivity index is 1.23. The van der Waals surface area contributed by atoms with E-state index >= 15 is 0 Å². The zero-order valence-corrected chi connectivity index (χ0v) is 20.1. The first-order valence-electron chi connectivity index (χ1n) is 12.8. The lowest BCUT2D eigenvalue weighted by Crippen LogP contribution is -2.77. The van der Waals surface area contributed by atoms with Crippen LogP contribution in [-0.2, 0) is 16.1 Å². The number of anilines is 1. The van der Waals surface area contributed by atoms with Crippen molar-refractivity contribution in [3.05, 3.63) is 29.8 Å². The van der Waals surface area contributed by atoms with Gasteiger partial charge >= 0.3 is 5.97 Å². The number of amides is 1. The van der Waals surface area contributed by atoms with Gasteiger partial charge in [0.15, 0.2) is 0 Å². The summed E-state index contributed by atoms with van der Waals surface area (Å²) in [6, 6.07) is 8.51. The average Bonchev–Trinajstić information content (AvgIpc) is 2.86. The fourth-order valence-corrected chi connectivity index (χ4v) is 5.73. The van der Waals surface area contributed by atoms with Crippen molar-refractivity contribution in [1.82, 2.24) is 36.6 Å². The van der Waals surface area contributed by atoms with E-state index in [1.165, 1.54) is 5.56 Å². The summed E-state index contributed by atoms with van der Waals surface area (Å²) in [5.41, 5.74) is 8.06. The summed E-state index contributed by atoms with van der Waals surface area (Å²) in [5, 5.41) is 23.3. The standard InChI is InChI=1S/C24H38N8O3/c33-20(34)13-16-5-9-32(10-6-16)24-28-19-14-26-30-23(35)21(19)22(29-24)27-18-3-1-17(2-4-18)15-31-11-7-25-8-12-31/h1-4,16,19,21-22,24-29H,5-15H2,(H,30,35)(H,33,34). The SMILES string of the molecule is O=C(O)CC1CCN(C2NC3CNNC(=O)C3C(Nc3ccc(CN4CCNCC4)cc3)N2)CC1. The predicted molar refractivity (Wildman–Crippen MR) is 132 cm³/mol. The zero-order chi connectivity index (χ0) is 24.2. The van der Waals surface area contributed by atoms with Gasteiger partial charge in [-0.25, -0.2) is 5.43 Å². The van der Waals surface area contributed by atoms with E-state index in [4.69, 9.17) is 5.11 Å². The molecule has 1 amide bonds. The van der Waals surface area contributed by atoms with Gasteiger partial charge in [0, 0.05) is 70.5 Å². The van der Waals surface area contributed by atoms with E-state index < -0.39 is 5.97 Å². The van der Waals surface area contributed by atoms with Crippen molar-refractivity contribution >= 4 is 17.6 Å². The number of nitrogens with zero attached hydrogens (tertiary/aromatic N) is 2. The van der Waals surface area contributed by atoms with Crippen molar-refractivity contribution in [3.8, 4) is 0 Å². The molecule has 4 unspecified atom stereocenters. The number of benzene rings is 1. The largest absolute Gasteiger partial charge is 0.481 e. The smallest absolute Gasteiger partial charge is 0.303 e. The average molecular weight is 487 g/mol. The van der Waals surface area contributed by atoms with E-state index in [9.17, 15) is 9.59 Å². The van der Waals surface area contributed by atoms with E-state index in [2.05, 4.69) is 66.2 Å². The molecule has 0 bridgehead atoms. The Morgan fingerprint density at radius 2 is 1.80 bits per heavy atom. The van der Waals surface area contributed by atoms with Gasteiger partial charge in [0.05, 0.1) is 12.1 Å². The van der Waals surface area contributed by atoms with E-state index in [1.54, 1.807) is 0 Å². The third-order valence-corrected chi connectivity index (χ3v) is 7.71. The highest BCUT2D eigenvalue weighted by Crippen LogP contribution is 2.25. The van der Waals surface area contributed by atoms with Gasteiger partial charge < -0.3 is 15.7 Å². The lowest BCUT2D eigenvalue weighted by molar-refractivity contribution is -0.138. The van der Waals surface area contributed by atoms with Crippen LogP contribution in [0.4, 0.5) is 5.69 Å². The number of hydrogen-bond acceptors (Lipinski definition) is 9. The van der Waals surface area contributed by atoms with Crippen molar-refractivity contribution in [2.75, 3.05) is 51.1 Å². The van der Waals surface area contributed by atoms with Crippen LogP contribution in [-0.4, -0.2) is 91.1 Å². The highest BCUT2D eigenvalue weighted by molar-refractivity contribution is 5.81. The fraction of sp³-hybridized carbons (Fsp3) is 0.667. The molecule has 11 nitrogen and oxygen atoms in total. The minimum absolute atomic E-state index is 0.0174. The first-order chi connectivity index (χ1) is 17.0. The predicted octanol–water partition coefficient (Wildman–Crippen LogP) is -0.888. The summed E-state index contributed by atoms with van der Waals surface area (Å²) in [4.78, 5) is 28.6. The van der Waals surface area contributed by atoms with Crippen molar-refractivity contribution < 1.29 is 14.7 Å². The Hall–Kier alpha value is -2.28. The second kappa shape index (κ2) is 11.2. The van der Waals surface area contributed by atoms with Crippen LogP contribution >= 0.6 is 0 Å². The molecule has 4 saturated heterocycles. The molecule has 11 heteroatoms. The number of aliphatic carboxylic acids is 1. The molecule has 7 N–H and O–H groups in total. The van der Waals surface area contributed by atoms with Crippen LogP contribution in [0.2, 0.25) is 0 Å². The number of fused-ring (bicyclic) bond motifs is 1. The molecule has 0 radical (unpaired) electrons. The summed E-state index contributed by atoms with van der Waals surface area (Å²) in [5.74, 6) is -0.788. The molecule has 35 heavy (non-hydrogen) atoms. The van der Waals surface area contributed by atoms with Crippen molar-refractivity contribution in [3.63, 3.8) is 0 Å². The maximum absolute atomic E-state index is 12.8. The molecule has 5 rings (SSSR count). The van der Waals surface area contributed by atoms with Crippen LogP contribution in [0.25, 0.3) is 0 Å². The van der Waals surface area contributed by atoms with Gasteiger partial charge in [-0.3, -0.25) is 35.4 Å². The molecule has 0 aromatic heterocycles. The number of rotatable bonds is 7. The molecule has 4 aliphatic heterocycles. The van der Waals surface area contributed by atoms with Gasteiger partial charge in [-0.15, -0.1) is 0 Å². The highest BCUT2D eigenvalue weighted by atomic mass is 16.4. The van der Waals surface area contributed by atoms with E-state index in [-0.39, 0.29) is 42.7 Å². The second-order valence-corrected chi connectivity index (χ2v) is 10.2. The van der Waals surface area contributed by atoms with Crippen LogP contribution in [0.1, 0.15) is 24.8 Å². The Bertz CT molecular complexity index is 870. The number of piperidine rings is 1. The third kappa shape index (κ3) is 6.11. The quantitative estimate of drug-likeness (QED) is 0.260. The van der Waals surface area contributed by atoms with Gasteiger partial charge in [0.2, 0.25) is 5.91 Å². The van der Waals surface area contributed by atoms with Gasteiger partial charge in [-0.05, 0) is 36.5 Å². The molecule has 4 heterocycles. The normalized spacial score (nSPS) is 30.9. The molecule has 4 atom stereocenters. The molecule has 4 fully saturated rings. The van der Waals surface area contributed by atoms with Gasteiger partial charge in [-0.2, -0.15) is 0 Å². The Kier molecular flexibility index (Phi) is 7.81. The van der Waals surface area contributed by atoms with Crippen LogP contribution in [0.15, 0.2) is 24.3 Å². The number of carbonyl (C=O) groups is 2. The first-order valence-corrected chi connectivity index (χ1v) is 12.8. The molecule has 0 aliphatic carbocycles. The number of hydrogen-bond donors (Lipinski definition) is 7. The zero-order valence-electron chi connectivity index (χ0n) is 20.1. The van der Waals surface area contributed by atoms with Crippen LogP contribution in [0.3, 0.4) is 0 Å². The van der Waals surface area contributed by atoms with Crippen LogP contribution in [0.5, 0.6) is 0 Å². The van der Waals surface area contributed by atoms with Gasteiger partial charge in [-0.1, -0.05) is 12.1 Å². The number of nitrogens with one attached hydrogen (secondary N) is 6. The number of likely N-dealkylation sites (tertiary alicyclic amines) is 1. The van der Waals surface area contributed by atoms with Gasteiger partial charge in [0.1, 0.15) is 6.29 Å².